The molecule has 0 bridgehead atoms. The van der Waals surface area contributed by atoms with Crippen LogP contribution in [0, 0.1) is 5.41 Å². The lowest BCUT2D eigenvalue weighted by Crippen LogP contribution is -2.22. The normalized spacial score (nSPS) is 11.7. The van der Waals surface area contributed by atoms with Gasteiger partial charge in [-0.3, -0.25) is 9.78 Å². The first kappa shape index (κ1) is 11.8. The molecule has 0 aliphatic rings. The molecule has 0 saturated carbocycles. The Morgan fingerprint density at radius 1 is 1.18 bits per heavy atom. The Hall–Kier alpha value is -1.70. The van der Waals surface area contributed by atoms with Crippen LogP contribution in [-0.4, -0.2) is 10.8 Å². The average Bonchev–Trinajstić information content (AvgIpc) is 2.28. The zero-order valence-corrected chi connectivity index (χ0v) is 10.5. The fourth-order valence-electron chi connectivity index (χ4n) is 1.75. The van der Waals surface area contributed by atoms with Crippen molar-refractivity contribution in [3.05, 3.63) is 42.1 Å². The molecular formula is C15H17NO. The summed E-state index contributed by atoms with van der Waals surface area (Å²) in [6, 6.07) is 9.87. The first-order chi connectivity index (χ1) is 7.98. The SMILES string of the molecule is CC(C)(C)C(=O)Cc1ccnc2ccccc12. The van der Waals surface area contributed by atoms with E-state index in [9.17, 15) is 4.79 Å². The highest BCUT2D eigenvalue weighted by Gasteiger charge is 2.21. The van der Waals surface area contributed by atoms with Gasteiger partial charge in [-0.15, -0.1) is 0 Å². The predicted octanol–water partition coefficient (Wildman–Crippen LogP) is 3.39. The van der Waals surface area contributed by atoms with Gasteiger partial charge >= 0.3 is 0 Å². The van der Waals surface area contributed by atoms with E-state index < -0.39 is 0 Å². The molecule has 2 aromatic rings. The molecule has 2 rings (SSSR count). The molecule has 1 aromatic carbocycles. The van der Waals surface area contributed by atoms with E-state index in [4.69, 9.17) is 0 Å². The number of carbonyl (C=O) groups is 1. The van der Waals surface area contributed by atoms with E-state index in [1.807, 2.05) is 51.1 Å². The van der Waals surface area contributed by atoms with Gasteiger partial charge in [0.1, 0.15) is 5.78 Å². The van der Waals surface area contributed by atoms with Crippen molar-refractivity contribution >= 4 is 16.7 Å². The van der Waals surface area contributed by atoms with Crippen molar-refractivity contribution in [1.82, 2.24) is 4.98 Å². The monoisotopic (exact) mass is 227 g/mol. The number of carbonyl (C=O) groups excluding carboxylic acids is 1. The summed E-state index contributed by atoms with van der Waals surface area (Å²) < 4.78 is 0. The van der Waals surface area contributed by atoms with E-state index in [-0.39, 0.29) is 11.2 Å². The molecule has 0 saturated heterocycles. The summed E-state index contributed by atoms with van der Waals surface area (Å²) in [7, 11) is 0. The van der Waals surface area contributed by atoms with Crippen LogP contribution >= 0.6 is 0 Å². The molecule has 0 aliphatic heterocycles. The van der Waals surface area contributed by atoms with Gasteiger partial charge in [-0.25, -0.2) is 0 Å². The highest BCUT2D eigenvalue weighted by Crippen LogP contribution is 2.22. The van der Waals surface area contributed by atoms with Crippen LogP contribution < -0.4 is 0 Å². The molecule has 0 fully saturated rings. The maximum absolute atomic E-state index is 12.1. The van der Waals surface area contributed by atoms with Crippen molar-refractivity contribution in [2.75, 3.05) is 0 Å². The molecule has 2 heteroatoms. The van der Waals surface area contributed by atoms with E-state index in [0.717, 1.165) is 16.5 Å². The van der Waals surface area contributed by atoms with Crippen LogP contribution in [-0.2, 0) is 11.2 Å². The number of para-hydroxylation sites is 1. The fourth-order valence-corrected chi connectivity index (χ4v) is 1.75. The van der Waals surface area contributed by atoms with Crippen LogP contribution in [0.1, 0.15) is 26.3 Å². The van der Waals surface area contributed by atoms with Crippen molar-refractivity contribution in [3.63, 3.8) is 0 Å². The van der Waals surface area contributed by atoms with E-state index >= 15 is 0 Å². The first-order valence-corrected chi connectivity index (χ1v) is 5.84. The van der Waals surface area contributed by atoms with Gasteiger partial charge in [-0.2, -0.15) is 0 Å². The lowest BCUT2D eigenvalue weighted by molar-refractivity contribution is -0.125. The number of pyridine rings is 1. The number of fused-ring (bicyclic) bond motifs is 1. The molecule has 0 spiro atoms. The van der Waals surface area contributed by atoms with Crippen LogP contribution in [0.15, 0.2) is 36.5 Å². The first-order valence-electron chi connectivity index (χ1n) is 5.84. The molecule has 2 nitrogen and oxygen atoms in total. The van der Waals surface area contributed by atoms with Crippen LogP contribution in [0.3, 0.4) is 0 Å². The highest BCUT2D eigenvalue weighted by atomic mass is 16.1. The second-order valence-electron chi connectivity index (χ2n) is 5.34. The third kappa shape index (κ3) is 2.52. The Bertz CT molecular complexity index is 547. The Balaban J connectivity index is 2.40. The molecule has 0 atom stereocenters. The Morgan fingerprint density at radius 2 is 1.88 bits per heavy atom. The van der Waals surface area contributed by atoms with E-state index in [0.29, 0.717) is 6.42 Å². The number of rotatable bonds is 2. The average molecular weight is 227 g/mol. The highest BCUT2D eigenvalue weighted by molar-refractivity contribution is 5.91. The quantitative estimate of drug-likeness (QED) is 0.787. The van der Waals surface area contributed by atoms with E-state index in [1.165, 1.54) is 0 Å². The summed E-state index contributed by atoms with van der Waals surface area (Å²) >= 11 is 0. The Kier molecular flexibility index (Phi) is 2.97. The summed E-state index contributed by atoms with van der Waals surface area (Å²) in [4.78, 5) is 16.4. The van der Waals surface area contributed by atoms with Crippen LogP contribution in [0.5, 0.6) is 0 Å². The van der Waals surface area contributed by atoms with Crippen molar-refractivity contribution in [1.29, 1.82) is 0 Å². The number of hydrogen-bond donors (Lipinski definition) is 0. The van der Waals surface area contributed by atoms with Gasteiger partial charge in [0, 0.05) is 23.4 Å². The summed E-state index contributed by atoms with van der Waals surface area (Å²) in [5.41, 5.74) is 1.73. The van der Waals surface area contributed by atoms with Crippen molar-refractivity contribution in [2.24, 2.45) is 5.41 Å². The van der Waals surface area contributed by atoms with Gasteiger partial charge < -0.3 is 0 Å². The molecule has 0 N–H and O–H groups in total. The Labute approximate surface area is 102 Å². The van der Waals surface area contributed by atoms with Gasteiger partial charge in [0.15, 0.2) is 0 Å². The number of benzene rings is 1. The van der Waals surface area contributed by atoms with E-state index in [2.05, 4.69) is 4.98 Å². The summed E-state index contributed by atoms with van der Waals surface area (Å²) in [5, 5.41) is 1.08. The van der Waals surface area contributed by atoms with Crippen molar-refractivity contribution < 1.29 is 4.79 Å². The van der Waals surface area contributed by atoms with E-state index in [1.54, 1.807) is 6.20 Å². The standard InChI is InChI=1S/C15H17NO/c1-15(2,3)14(17)10-11-8-9-16-13-7-5-4-6-12(11)13/h4-9H,10H2,1-3H3. The largest absolute Gasteiger partial charge is 0.299 e. The van der Waals surface area contributed by atoms with Gasteiger partial charge in [0.2, 0.25) is 0 Å². The molecule has 17 heavy (non-hydrogen) atoms. The zero-order chi connectivity index (χ0) is 12.5. The summed E-state index contributed by atoms with van der Waals surface area (Å²) in [5.74, 6) is 0.258. The Morgan fingerprint density at radius 3 is 2.59 bits per heavy atom. The maximum Gasteiger partial charge on any atom is 0.142 e. The molecular weight excluding hydrogens is 210 g/mol. The van der Waals surface area contributed by atoms with Crippen molar-refractivity contribution in [2.45, 2.75) is 27.2 Å². The minimum Gasteiger partial charge on any atom is -0.299 e. The molecule has 0 unspecified atom stereocenters. The van der Waals surface area contributed by atoms with Crippen LogP contribution in [0.25, 0.3) is 10.9 Å². The number of ketones is 1. The third-order valence-corrected chi connectivity index (χ3v) is 2.93. The molecule has 1 heterocycles. The number of hydrogen-bond acceptors (Lipinski definition) is 2. The zero-order valence-electron chi connectivity index (χ0n) is 10.5. The third-order valence-electron chi connectivity index (χ3n) is 2.93. The summed E-state index contributed by atoms with van der Waals surface area (Å²) in [6.45, 7) is 5.87. The molecule has 1 aromatic heterocycles. The van der Waals surface area contributed by atoms with Gasteiger partial charge in [0.25, 0.3) is 0 Å². The van der Waals surface area contributed by atoms with Crippen LogP contribution in [0.4, 0.5) is 0 Å². The summed E-state index contributed by atoms with van der Waals surface area (Å²) in [6.07, 6.45) is 2.25. The predicted molar refractivity (Wildman–Crippen MR) is 69.9 cm³/mol. The second-order valence-corrected chi connectivity index (χ2v) is 5.34. The fraction of sp³-hybridized carbons (Fsp3) is 0.333. The molecule has 0 aliphatic carbocycles. The van der Waals surface area contributed by atoms with Gasteiger partial charge in [-0.05, 0) is 17.7 Å². The molecule has 0 amide bonds. The molecule has 88 valence electrons. The lowest BCUT2D eigenvalue weighted by atomic mass is 9.86. The minimum atomic E-state index is -0.287. The lowest BCUT2D eigenvalue weighted by Gasteiger charge is -2.17. The number of aromatic nitrogens is 1. The second kappa shape index (κ2) is 4.28. The van der Waals surface area contributed by atoms with Gasteiger partial charge in [-0.1, -0.05) is 39.0 Å². The van der Waals surface area contributed by atoms with Crippen molar-refractivity contribution in [3.8, 4) is 0 Å². The number of Topliss-reactive ketones (excluding diaryl/α,β-unsaturated/α-hetero) is 1. The number of nitrogens with zero attached hydrogens (tertiary/aromatic N) is 1. The maximum atomic E-state index is 12.1. The van der Waals surface area contributed by atoms with Crippen LogP contribution in [0.2, 0.25) is 0 Å². The van der Waals surface area contributed by atoms with Gasteiger partial charge in [0.05, 0.1) is 5.52 Å². The minimum absolute atomic E-state index is 0.258. The smallest absolute Gasteiger partial charge is 0.142 e. The molecule has 0 radical (unpaired) electrons. The topological polar surface area (TPSA) is 30.0 Å².